The average molecular weight is 511 g/mol. The monoisotopic (exact) mass is 511 g/mol. The van der Waals surface area contributed by atoms with Gasteiger partial charge in [0.2, 0.25) is 6.41 Å². The minimum atomic E-state index is -4.59. The molecule has 1 heterocycles. The van der Waals surface area contributed by atoms with E-state index in [1.807, 2.05) is 6.07 Å². The maximum atomic E-state index is 13.5. The van der Waals surface area contributed by atoms with Gasteiger partial charge in [-0.2, -0.15) is 23.5 Å². The molecule has 1 aromatic heterocycles. The molecule has 0 aliphatic heterocycles. The van der Waals surface area contributed by atoms with Gasteiger partial charge in [0, 0.05) is 17.9 Å². The predicted molar refractivity (Wildman–Crippen MR) is 126 cm³/mol. The van der Waals surface area contributed by atoms with Gasteiger partial charge in [-0.15, -0.1) is 0 Å². The van der Waals surface area contributed by atoms with Gasteiger partial charge in [0.25, 0.3) is 5.91 Å². The summed E-state index contributed by atoms with van der Waals surface area (Å²) in [5.74, 6) is -2.12. The number of nitrogens with one attached hydrogen (secondary N) is 1. The number of imide groups is 1. The second kappa shape index (κ2) is 11.2. The van der Waals surface area contributed by atoms with Gasteiger partial charge in [0.1, 0.15) is 0 Å². The Morgan fingerprint density at radius 2 is 1.89 bits per heavy atom. The number of carboxylic acid groups (broad SMARTS) is 1. The van der Waals surface area contributed by atoms with Crippen LogP contribution in [0.3, 0.4) is 0 Å². The number of nitrogens with zero attached hydrogens (tertiary/aromatic N) is 4. The Morgan fingerprint density at radius 3 is 2.49 bits per heavy atom. The Labute approximate surface area is 209 Å². The number of allylic oxidation sites excluding steroid dienone is 1. The van der Waals surface area contributed by atoms with Gasteiger partial charge in [-0.1, -0.05) is 6.07 Å². The van der Waals surface area contributed by atoms with Gasteiger partial charge in [0.15, 0.2) is 0 Å². The molecule has 3 rings (SSSR count). The number of carbonyl (C=O) groups is 3. The highest BCUT2D eigenvalue weighted by atomic mass is 19.4. The Kier molecular flexibility index (Phi) is 8.09. The molecule has 0 radical (unpaired) electrons. The molecule has 0 unspecified atom stereocenters. The maximum Gasteiger partial charge on any atom is 0.416 e. The Morgan fingerprint density at radius 1 is 1.19 bits per heavy atom. The first-order chi connectivity index (χ1) is 17.5. The molecular formula is C25H20F3N5O4. The molecule has 2 amide bonds. The Balaban J connectivity index is 2.13. The summed E-state index contributed by atoms with van der Waals surface area (Å²) in [5.41, 5.74) is 0.0985. The number of carbonyl (C=O) groups excluding carboxylic acids is 2. The van der Waals surface area contributed by atoms with Crippen molar-refractivity contribution in [2.24, 2.45) is 0 Å². The van der Waals surface area contributed by atoms with Gasteiger partial charge in [-0.25, -0.2) is 4.68 Å². The highest BCUT2D eigenvalue weighted by Gasteiger charge is 2.31. The summed E-state index contributed by atoms with van der Waals surface area (Å²) in [5, 5.41) is 25.0. The van der Waals surface area contributed by atoms with E-state index in [-0.39, 0.29) is 29.1 Å². The summed E-state index contributed by atoms with van der Waals surface area (Å²) in [6.07, 6.45) is -3.54. The van der Waals surface area contributed by atoms with E-state index in [1.165, 1.54) is 48.1 Å². The molecule has 3 aromatic rings. The Hall–Kier alpha value is -4.92. The van der Waals surface area contributed by atoms with Gasteiger partial charge in [-0.05, 0) is 55.5 Å². The zero-order valence-electron chi connectivity index (χ0n) is 19.4. The van der Waals surface area contributed by atoms with Crippen LogP contribution in [-0.4, -0.2) is 44.6 Å². The molecule has 0 bridgehead atoms. The first-order valence-corrected chi connectivity index (χ1v) is 10.7. The number of hydrogen-bond donors (Lipinski definition) is 2. The van der Waals surface area contributed by atoms with Crippen LogP contribution in [0.2, 0.25) is 0 Å². The number of aliphatic carboxylic acids is 1. The van der Waals surface area contributed by atoms with E-state index in [1.54, 1.807) is 12.1 Å². The molecule has 2 aromatic carbocycles. The summed E-state index contributed by atoms with van der Waals surface area (Å²) in [6, 6.07) is 14.0. The molecule has 0 saturated heterocycles. The highest BCUT2D eigenvalue weighted by molar-refractivity contribution is 6.22. The second-order valence-corrected chi connectivity index (χ2v) is 7.74. The van der Waals surface area contributed by atoms with E-state index in [0.29, 0.717) is 16.2 Å². The summed E-state index contributed by atoms with van der Waals surface area (Å²) < 4.78 is 40.9. The third kappa shape index (κ3) is 6.40. The quantitative estimate of drug-likeness (QED) is 0.327. The molecule has 12 heteroatoms. The van der Waals surface area contributed by atoms with E-state index in [2.05, 4.69) is 10.4 Å². The summed E-state index contributed by atoms with van der Waals surface area (Å²) in [4.78, 5) is 36.8. The number of rotatable bonds is 9. The lowest BCUT2D eigenvalue weighted by Gasteiger charge is -2.21. The first kappa shape index (κ1) is 26.7. The van der Waals surface area contributed by atoms with Crippen LogP contribution in [-0.2, 0) is 20.6 Å². The molecule has 0 fully saturated rings. The highest BCUT2D eigenvalue weighted by Crippen LogP contribution is 2.32. The van der Waals surface area contributed by atoms with Crippen LogP contribution in [0, 0.1) is 11.3 Å². The number of benzene rings is 2. The van der Waals surface area contributed by atoms with Crippen LogP contribution in [0.4, 0.5) is 18.9 Å². The number of carboxylic acids is 1. The largest absolute Gasteiger partial charge is 0.481 e. The van der Waals surface area contributed by atoms with Gasteiger partial charge < -0.3 is 10.4 Å². The SMILES string of the molecule is C/C(Nc1cccc(C(F)(F)F)c1)=C(/C(=O)N(C=O)CCC(=O)O)c1ccnn1-c1ccc(C#N)cc1. The summed E-state index contributed by atoms with van der Waals surface area (Å²) >= 11 is 0. The number of alkyl halides is 3. The topological polar surface area (TPSA) is 128 Å². The fraction of sp³-hybridized carbons (Fsp3) is 0.160. The van der Waals surface area contributed by atoms with Crippen molar-refractivity contribution in [1.29, 1.82) is 5.26 Å². The molecule has 0 spiro atoms. The molecule has 0 aliphatic rings. The lowest BCUT2D eigenvalue weighted by Crippen LogP contribution is -2.33. The number of hydrogen-bond acceptors (Lipinski definition) is 6. The van der Waals surface area contributed by atoms with Crippen molar-refractivity contribution >= 4 is 29.5 Å². The maximum absolute atomic E-state index is 13.5. The molecule has 0 atom stereocenters. The third-order valence-electron chi connectivity index (χ3n) is 5.21. The van der Waals surface area contributed by atoms with Gasteiger partial charge >= 0.3 is 12.1 Å². The van der Waals surface area contributed by atoms with E-state index in [4.69, 9.17) is 10.4 Å². The lowest BCUT2D eigenvalue weighted by molar-refractivity contribution is -0.139. The smallest absolute Gasteiger partial charge is 0.416 e. The van der Waals surface area contributed by atoms with Crippen molar-refractivity contribution in [2.45, 2.75) is 19.5 Å². The number of amides is 2. The van der Waals surface area contributed by atoms with Crippen molar-refractivity contribution in [3.63, 3.8) is 0 Å². The molecule has 2 N–H and O–H groups in total. The van der Waals surface area contributed by atoms with Crippen LogP contribution in [0.1, 0.15) is 30.2 Å². The van der Waals surface area contributed by atoms with Gasteiger partial charge in [0.05, 0.1) is 46.8 Å². The van der Waals surface area contributed by atoms with E-state index in [0.717, 1.165) is 12.1 Å². The fourth-order valence-corrected chi connectivity index (χ4v) is 3.45. The molecule has 9 nitrogen and oxygen atoms in total. The Bertz CT molecular complexity index is 1390. The third-order valence-corrected chi connectivity index (χ3v) is 5.21. The number of aromatic nitrogens is 2. The fourth-order valence-electron chi connectivity index (χ4n) is 3.45. The van der Waals surface area contributed by atoms with Gasteiger partial charge in [-0.3, -0.25) is 19.3 Å². The van der Waals surface area contributed by atoms with Crippen molar-refractivity contribution < 1.29 is 32.7 Å². The number of anilines is 1. The number of nitriles is 1. The molecule has 0 saturated carbocycles. The van der Waals surface area contributed by atoms with Crippen LogP contribution in [0.25, 0.3) is 11.3 Å². The van der Waals surface area contributed by atoms with E-state index < -0.39 is 36.6 Å². The summed E-state index contributed by atoms with van der Waals surface area (Å²) in [7, 11) is 0. The molecule has 37 heavy (non-hydrogen) atoms. The first-order valence-electron chi connectivity index (χ1n) is 10.7. The minimum Gasteiger partial charge on any atom is -0.481 e. The zero-order chi connectivity index (χ0) is 27.2. The zero-order valence-corrected chi connectivity index (χ0v) is 19.4. The van der Waals surface area contributed by atoms with Crippen molar-refractivity contribution in [2.75, 3.05) is 11.9 Å². The van der Waals surface area contributed by atoms with Crippen LogP contribution in [0.15, 0.2) is 66.5 Å². The van der Waals surface area contributed by atoms with Crippen LogP contribution < -0.4 is 5.32 Å². The van der Waals surface area contributed by atoms with Crippen LogP contribution in [0.5, 0.6) is 0 Å². The number of halogens is 3. The predicted octanol–water partition coefficient (Wildman–Crippen LogP) is 4.07. The summed E-state index contributed by atoms with van der Waals surface area (Å²) in [6.45, 7) is 1.01. The van der Waals surface area contributed by atoms with Crippen molar-refractivity contribution in [3.8, 4) is 11.8 Å². The molecule has 190 valence electrons. The van der Waals surface area contributed by atoms with E-state index in [9.17, 15) is 27.6 Å². The van der Waals surface area contributed by atoms with E-state index >= 15 is 0 Å². The second-order valence-electron chi connectivity index (χ2n) is 7.74. The standard InChI is InChI=1S/C25H20F3N5O4/c1-16(31-19-4-2-3-18(13-19)25(26,27)28)23(24(37)32(15-34)12-10-22(35)36)21-9-11-30-33(21)20-7-5-17(14-29)6-8-20/h2-9,11,13,15,31H,10,12H2,1H3,(H,35,36)/b23-16-. The minimum absolute atomic E-state index is 0.0326. The average Bonchev–Trinajstić information content (AvgIpc) is 3.33. The van der Waals surface area contributed by atoms with Crippen molar-refractivity contribution in [3.05, 3.63) is 83.3 Å². The normalized spacial score (nSPS) is 11.8. The van der Waals surface area contributed by atoms with Crippen LogP contribution >= 0.6 is 0 Å². The van der Waals surface area contributed by atoms with Crippen molar-refractivity contribution in [1.82, 2.24) is 14.7 Å². The lowest BCUT2D eigenvalue weighted by atomic mass is 10.1. The molecule has 0 aliphatic carbocycles. The molecular weight excluding hydrogens is 491 g/mol.